The first-order valence-corrected chi connectivity index (χ1v) is 12.1. The van der Waals surface area contributed by atoms with Gasteiger partial charge in [0.2, 0.25) is 0 Å². The minimum atomic E-state index is -0.560. The first kappa shape index (κ1) is 30.3. The standard InChI is InChI=1S/C24H36O5.C3H8O2/c1-18-15-20(3)23(16-19(18)2)17-22-5-7-24(8-6-22)29-21(4)28-14-13-27-12-11-26-10-9-25;1-3(5)2-4/h5-8,15-16,19-21,25H,9-14,17H2,1-4H3;3-5H,2H2,1H3. The molecule has 0 heterocycles. The molecule has 7 nitrogen and oxygen atoms in total. The Morgan fingerprint density at radius 2 is 1.44 bits per heavy atom. The maximum Gasteiger partial charge on any atom is 0.197 e. The van der Waals surface area contributed by atoms with Crippen LogP contribution < -0.4 is 4.74 Å². The van der Waals surface area contributed by atoms with E-state index in [9.17, 15) is 0 Å². The molecule has 0 saturated heterocycles. The highest BCUT2D eigenvalue weighted by Gasteiger charge is 2.16. The Kier molecular flexibility index (Phi) is 15.7. The highest BCUT2D eigenvalue weighted by molar-refractivity contribution is 5.34. The van der Waals surface area contributed by atoms with Crippen LogP contribution in [0, 0.1) is 11.8 Å². The van der Waals surface area contributed by atoms with Gasteiger partial charge in [0.1, 0.15) is 5.75 Å². The van der Waals surface area contributed by atoms with E-state index in [-0.39, 0.29) is 19.5 Å². The molecule has 34 heavy (non-hydrogen) atoms. The van der Waals surface area contributed by atoms with Crippen LogP contribution in [0.3, 0.4) is 0 Å². The number of rotatable bonds is 14. The third-order valence-corrected chi connectivity index (χ3v) is 5.37. The summed E-state index contributed by atoms with van der Waals surface area (Å²) in [6.45, 7) is 12.3. The number of hydrogen-bond acceptors (Lipinski definition) is 7. The average Bonchev–Trinajstić information content (AvgIpc) is 2.81. The molecule has 0 radical (unpaired) electrons. The summed E-state index contributed by atoms with van der Waals surface area (Å²) in [5.41, 5.74) is 4.23. The van der Waals surface area contributed by atoms with E-state index >= 15 is 0 Å². The van der Waals surface area contributed by atoms with Crippen molar-refractivity contribution in [2.45, 2.75) is 53.4 Å². The van der Waals surface area contributed by atoms with Gasteiger partial charge >= 0.3 is 0 Å². The summed E-state index contributed by atoms with van der Waals surface area (Å²) < 4.78 is 21.9. The number of benzene rings is 1. The van der Waals surface area contributed by atoms with Gasteiger partial charge in [-0.05, 0) is 56.7 Å². The number of hydrogen-bond donors (Lipinski definition) is 3. The molecule has 1 aliphatic carbocycles. The van der Waals surface area contributed by atoms with E-state index in [0.29, 0.717) is 44.9 Å². The van der Waals surface area contributed by atoms with Gasteiger partial charge in [-0.3, -0.25) is 0 Å². The third kappa shape index (κ3) is 13.2. The molecule has 3 N–H and O–H groups in total. The van der Waals surface area contributed by atoms with Crippen molar-refractivity contribution in [1.82, 2.24) is 0 Å². The Morgan fingerprint density at radius 3 is 2.03 bits per heavy atom. The Bertz CT molecular complexity index is 712. The van der Waals surface area contributed by atoms with Crippen LogP contribution >= 0.6 is 0 Å². The number of aliphatic hydroxyl groups is 3. The lowest BCUT2D eigenvalue weighted by atomic mass is 9.83. The van der Waals surface area contributed by atoms with Crippen LogP contribution in [-0.2, 0) is 20.6 Å². The fourth-order valence-electron chi connectivity index (χ4n) is 3.28. The Morgan fingerprint density at radius 1 is 0.853 bits per heavy atom. The van der Waals surface area contributed by atoms with Crippen molar-refractivity contribution in [3.8, 4) is 5.75 Å². The van der Waals surface area contributed by atoms with Gasteiger partial charge in [-0.2, -0.15) is 0 Å². The molecule has 1 aromatic carbocycles. The molecule has 2 rings (SSSR count). The van der Waals surface area contributed by atoms with Crippen LogP contribution in [0.1, 0.15) is 40.2 Å². The van der Waals surface area contributed by atoms with E-state index in [4.69, 9.17) is 34.3 Å². The molecule has 1 aromatic rings. The Balaban J connectivity index is 0.00000104. The summed E-state index contributed by atoms with van der Waals surface area (Å²) >= 11 is 0. The Labute approximate surface area is 205 Å². The second kappa shape index (κ2) is 17.7. The Hall–Kier alpha value is -1.74. The van der Waals surface area contributed by atoms with Crippen LogP contribution in [-0.4, -0.2) is 74.0 Å². The van der Waals surface area contributed by atoms with Gasteiger partial charge in [-0.15, -0.1) is 0 Å². The predicted octanol–water partition coefficient (Wildman–Crippen LogP) is 3.51. The topological polar surface area (TPSA) is 97.6 Å². The molecule has 4 atom stereocenters. The van der Waals surface area contributed by atoms with Crippen molar-refractivity contribution in [3.63, 3.8) is 0 Å². The van der Waals surface area contributed by atoms with E-state index in [1.54, 1.807) is 0 Å². The summed E-state index contributed by atoms with van der Waals surface area (Å²) in [6, 6.07) is 8.26. The summed E-state index contributed by atoms with van der Waals surface area (Å²) in [7, 11) is 0. The second-order valence-electron chi connectivity index (χ2n) is 8.59. The smallest absolute Gasteiger partial charge is 0.197 e. The van der Waals surface area contributed by atoms with Crippen molar-refractivity contribution in [2.75, 3.05) is 46.2 Å². The second-order valence-corrected chi connectivity index (χ2v) is 8.59. The van der Waals surface area contributed by atoms with Crippen molar-refractivity contribution in [3.05, 3.63) is 53.1 Å². The lowest BCUT2D eigenvalue weighted by Gasteiger charge is -2.23. The van der Waals surface area contributed by atoms with E-state index in [1.165, 1.54) is 23.6 Å². The highest BCUT2D eigenvalue weighted by Crippen LogP contribution is 2.29. The van der Waals surface area contributed by atoms with E-state index in [2.05, 4.69) is 45.1 Å². The molecule has 0 bridgehead atoms. The van der Waals surface area contributed by atoms with Gasteiger partial charge in [0.25, 0.3) is 0 Å². The van der Waals surface area contributed by atoms with Crippen LogP contribution in [0.25, 0.3) is 0 Å². The largest absolute Gasteiger partial charge is 0.465 e. The summed E-state index contributed by atoms with van der Waals surface area (Å²) in [4.78, 5) is 0. The zero-order valence-corrected chi connectivity index (χ0v) is 21.4. The van der Waals surface area contributed by atoms with E-state index in [0.717, 1.165) is 12.2 Å². The maximum absolute atomic E-state index is 8.60. The molecule has 4 unspecified atom stereocenters. The predicted molar refractivity (Wildman–Crippen MR) is 134 cm³/mol. The number of ether oxygens (including phenoxy) is 4. The molecule has 0 spiro atoms. The molecular formula is C27H44O7. The van der Waals surface area contributed by atoms with Gasteiger partial charge in [0.15, 0.2) is 6.29 Å². The minimum absolute atomic E-state index is 0.0339. The summed E-state index contributed by atoms with van der Waals surface area (Å²) in [5, 5.41) is 24.6. The van der Waals surface area contributed by atoms with Gasteiger partial charge in [-0.1, -0.05) is 49.3 Å². The fraction of sp³-hybridized carbons (Fsp3) is 0.630. The van der Waals surface area contributed by atoms with Crippen LogP contribution in [0.4, 0.5) is 0 Å². The van der Waals surface area contributed by atoms with Crippen LogP contribution in [0.2, 0.25) is 0 Å². The normalized spacial score (nSPS) is 19.4. The zero-order valence-electron chi connectivity index (χ0n) is 21.4. The first-order chi connectivity index (χ1) is 16.3. The molecule has 0 fully saturated rings. The van der Waals surface area contributed by atoms with Crippen molar-refractivity contribution >= 4 is 0 Å². The van der Waals surface area contributed by atoms with E-state index in [1.807, 2.05) is 19.1 Å². The molecule has 194 valence electrons. The number of aliphatic hydroxyl groups excluding tert-OH is 3. The monoisotopic (exact) mass is 480 g/mol. The van der Waals surface area contributed by atoms with Crippen LogP contribution in [0.15, 0.2) is 47.6 Å². The maximum atomic E-state index is 8.60. The molecule has 0 aliphatic heterocycles. The van der Waals surface area contributed by atoms with Crippen molar-refractivity contribution in [2.24, 2.45) is 11.8 Å². The van der Waals surface area contributed by atoms with Crippen molar-refractivity contribution in [1.29, 1.82) is 0 Å². The van der Waals surface area contributed by atoms with E-state index < -0.39 is 6.10 Å². The van der Waals surface area contributed by atoms with Gasteiger partial charge in [0, 0.05) is 0 Å². The SMILES string of the molecule is CC(O)CO.CC1=CC(C)C(Cc2ccc(OC(C)OCCOCCOCCO)cc2)=CC1C. The van der Waals surface area contributed by atoms with Gasteiger partial charge < -0.3 is 34.3 Å². The fourth-order valence-corrected chi connectivity index (χ4v) is 3.28. The lowest BCUT2D eigenvalue weighted by Crippen LogP contribution is -2.19. The molecule has 0 saturated carbocycles. The molecular weight excluding hydrogens is 436 g/mol. The average molecular weight is 481 g/mol. The third-order valence-electron chi connectivity index (χ3n) is 5.37. The quantitative estimate of drug-likeness (QED) is 0.213. The van der Waals surface area contributed by atoms with Gasteiger partial charge in [0.05, 0.1) is 52.4 Å². The number of allylic oxidation sites excluding steroid dienone is 4. The molecule has 0 aromatic heterocycles. The minimum Gasteiger partial charge on any atom is -0.465 e. The first-order valence-electron chi connectivity index (χ1n) is 12.1. The summed E-state index contributed by atoms with van der Waals surface area (Å²) in [6.07, 6.45) is 4.85. The van der Waals surface area contributed by atoms with Gasteiger partial charge in [-0.25, -0.2) is 0 Å². The zero-order chi connectivity index (χ0) is 25.3. The van der Waals surface area contributed by atoms with Crippen LogP contribution in [0.5, 0.6) is 5.75 Å². The molecule has 0 amide bonds. The highest BCUT2D eigenvalue weighted by atomic mass is 16.7. The molecule has 7 heteroatoms. The summed E-state index contributed by atoms with van der Waals surface area (Å²) in [5.74, 6) is 1.83. The van der Waals surface area contributed by atoms with Crippen molar-refractivity contribution < 1.29 is 34.3 Å². The molecule has 1 aliphatic rings. The lowest BCUT2D eigenvalue weighted by molar-refractivity contribution is -0.0863.